The third-order valence-electron chi connectivity index (χ3n) is 3.54. The minimum atomic E-state index is -0.0493. The molecule has 0 aromatic heterocycles. The Bertz CT molecular complexity index is 695. The predicted octanol–water partition coefficient (Wildman–Crippen LogP) is 3.77. The van der Waals surface area contributed by atoms with Crippen LogP contribution >= 0.6 is 0 Å². The molecule has 4 heteroatoms. The zero-order chi connectivity index (χ0) is 17.4. The van der Waals surface area contributed by atoms with Crippen molar-refractivity contribution in [3.05, 3.63) is 65.7 Å². The van der Waals surface area contributed by atoms with E-state index in [0.29, 0.717) is 24.7 Å². The van der Waals surface area contributed by atoms with E-state index < -0.39 is 0 Å². The van der Waals surface area contributed by atoms with E-state index in [9.17, 15) is 4.79 Å². The van der Waals surface area contributed by atoms with E-state index in [1.165, 1.54) is 0 Å². The maximum absolute atomic E-state index is 12.2. The van der Waals surface area contributed by atoms with E-state index in [1.54, 1.807) is 31.2 Å². The normalized spacial score (nSPS) is 10.6. The maximum Gasteiger partial charge on any atom is 0.246 e. The first-order chi connectivity index (χ1) is 11.6. The third-order valence-corrected chi connectivity index (χ3v) is 3.54. The Morgan fingerprint density at radius 3 is 2.54 bits per heavy atom. The second-order valence-electron chi connectivity index (χ2n) is 5.36. The molecule has 0 atom stereocenters. The van der Waals surface area contributed by atoms with Gasteiger partial charge in [0.25, 0.3) is 0 Å². The SMILES string of the molecule is CCOc1ccc(C=CC(=O)N(C)Cc2ccccc2)cc1OC. The average molecular weight is 325 g/mol. The van der Waals surface area contributed by atoms with E-state index in [0.717, 1.165) is 11.1 Å². The molecule has 0 aliphatic carbocycles. The zero-order valence-corrected chi connectivity index (χ0v) is 14.4. The minimum absolute atomic E-state index is 0.0493. The fraction of sp³-hybridized carbons (Fsp3) is 0.250. The number of hydrogen-bond acceptors (Lipinski definition) is 3. The van der Waals surface area contributed by atoms with Crippen molar-refractivity contribution < 1.29 is 14.3 Å². The van der Waals surface area contributed by atoms with Gasteiger partial charge in [-0.1, -0.05) is 36.4 Å². The third kappa shape index (κ3) is 4.88. The standard InChI is InChI=1S/C20H23NO3/c1-4-24-18-12-10-16(14-19(18)23-3)11-13-20(22)21(2)15-17-8-6-5-7-9-17/h5-14H,4,15H2,1-3H3. The Labute approximate surface area is 143 Å². The number of likely N-dealkylation sites (N-methyl/N-ethyl adjacent to an activating group) is 1. The van der Waals surface area contributed by atoms with Gasteiger partial charge < -0.3 is 14.4 Å². The summed E-state index contributed by atoms with van der Waals surface area (Å²) in [5.41, 5.74) is 1.99. The van der Waals surface area contributed by atoms with Crippen LogP contribution in [0.15, 0.2) is 54.6 Å². The van der Waals surface area contributed by atoms with Gasteiger partial charge in [-0.15, -0.1) is 0 Å². The first kappa shape index (κ1) is 17.6. The molecule has 0 unspecified atom stereocenters. The molecule has 2 aromatic rings. The van der Waals surface area contributed by atoms with E-state index in [4.69, 9.17) is 9.47 Å². The summed E-state index contributed by atoms with van der Waals surface area (Å²) < 4.78 is 10.8. The van der Waals surface area contributed by atoms with Gasteiger partial charge in [0.2, 0.25) is 5.91 Å². The maximum atomic E-state index is 12.2. The van der Waals surface area contributed by atoms with Crippen LogP contribution < -0.4 is 9.47 Å². The molecule has 0 N–H and O–H groups in total. The molecule has 0 aliphatic heterocycles. The molecule has 0 radical (unpaired) electrons. The number of amides is 1. The van der Waals surface area contributed by atoms with Crippen molar-refractivity contribution in [2.75, 3.05) is 20.8 Å². The molecule has 4 nitrogen and oxygen atoms in total. The fourth-order valence-electron chi connectivity index (χ4n) is 2.29. The van der Waals surface area contributed by atoms with Gasteiger partial charge in [0.05, 0.1) is 13.7 Å². The Balaban J connectivity index is 2.02. The molecule has 2 rings (SSSR count). The molecule has 2 aromatic carbocycles. The first-order valence-corrected chi connectivity index (χ1v) is 7.92. The molecule has 0 saturated carbocycles. The average Bonchev–Trinajstić information content (AvgIpc) is 2.61. The van der Waals surface area contributed by atoms with Gasteiger partial charge in [-0.05, 0) is 36.3 Å². The lowest BCUT2D eigenvalue weighted by atomic mass is 10.1. The number of hydrogen-bond donors (Lipinski definition) is 0. The van der Waals surface area contributed by atoms with E-state index in [-0.39, 0.29) is 5.91 Å². The van der Waals surface area contributed by atoms with Gasteiger partial charge in [0, 0.05) is 19.7 Å². The van der Waals surface area contributed by atoms with Crippen molar-refractivity contribution in [1.82, 2.24) is 4.90 Å². The Morgan fingerprint density at radius 2 is 1.88 bits per heavy atom. The smallest absolute Gasteiger partial charge is 0.246 e. The van der Waals surface area contributed by atoms with E-state index >= 15 is 0 Å². The molecular formula is C20H23NO3. The number of ether oxygens (including phenoxy) is 2. The van der Waals surface area contributed by atoms with E-state index in [2.05, 4.69) is 0 Å². The van der Waals surface area contributed by atoms with Gasteiger partial charge in [-0.2, -0.15) is 0 Å². The van der Waals surface area contributed by atoms with Gasteiger partial charge in [0.1, 0.15) is 0 Å². The van der Waals surface area contributed by atoms with Gasteiger partial charge in [-0.25, -0.2) is 0 Å². The van der Waals surface area contributed by atoms with Gasteiger partial charge in [0.15, 0.2) is 11.5 Å². The summed E-state index contributed by atoms with van der Waals surface area (Å²) in [6, 6.07) is 15.5. The Hall–Kier alpha value is -2.75. The van der Waals surface area contributed by atoms with Gasteiger partial charge >= 0.3 is 0 Å². The largest absolute Gasteiger partial charge is 0.493 e. The number of carbonyl (C=O) groups is 1. The Morgan fingerprint density at radius 1 is 1.12 bits per heavy atom. The summed E-state index contributed by atoms with van der Waals surface area (Å²) in [6.45, 7) is 3.08. The lowest BCUT2D eigenvalue weighted by molar-refractivity contribution is -0.125. The summed E-state index contributed by atoms with van der Waals surface area (Å²) in [7, 11) is 3.39. The van der Waals surface area contributed by atoms with Crippen LogP contribution in [0, 0.1) is 0 Å². The van der Waals surface area contributed by atoms with Crippen molar-refractivity contribution in [3.8, 4) is 11.5 Å². The molecule has 0 spiro atoms. The molecule has 0 saturated heterocycles. The first-order valence-electron chi connectivity index (χ1n) is 7.92. The second-order valence-corrected chi connectivity index (χ2v) is 5.36. The van der Waals surface area contributed by atoms with Crippen LogP contribution in [0.25, 0.3) is 6.08 Å². The van der Waals surface area contributed by atoms with Crippen molar-refractivity contribution in [1.29, 1.82) is 0 Å². The molecular weight excluding hydrogens is 302 g/mol. The number of rotatable bonds is 7. The van der Waals surface area contributed by atoms with Gasteiger partial charge in [-0.3, -0.25) is 4.79 Å². The molecule has 0 aliphatic rings. The van der Waals surface area contributed by atoms with Crippen LogP contribution in [-0.2, 0) is 11.3 Å². The lowest BCUT2D eigenvalue weighted by Crippen LogP contribution is -2.24. The van der Waals surface area contributed by atoms with Crippen LogP contribution in [0.5, 0.6) is 11.5 Å². The van der Waals surface area contributed by atoms with Crippen LogP contribution in [0.4, 0.5) is 0 Å². The highest BCUT2D eigenvalue weighted by Gasteiger charge is 2.07. The van der Waals surface area contributed by atoms with Crippen molar-refractivity contribution in [2.24, 2.45) is 0 Å². The fourth-order valence-corrected chi connectivity index (χ4v) is 2.29. The minimum Gasteiger partial charge on any atom is -0.493 e. The van der Waals surface area contributed by atoms with Crippen LogP contribution in [-0.4, -0.2) is 31.6 Å². The highest BCUT2D eigenvalue weighted by Crippen LogP contribution is 2.28. The van der Waals surface area contributed by atoms with Crippen molar-refractivity contribution in [3.63, 3.8) is 0 Å². The quantitative estimate of drug-likeness (QED) is 0.728. The summed E-state index contributed by atoms with van der Waals surface area (Å²) in [6.07, 6.45) is 3.35. The molecule has 126 valence electrons. The topological polar surface area (TPSA) is 38.8 Å². The summed E-state index contributed by atoms with van der Waals surface area (Å²) in [5.74, 6) is 1.31. The van der Waals surface area contributed by atoms with Crippen LogP contribution in [0.2, 0.25) is 0 Å². The molecule has 1 amide bonds. The number of nitrogens with zero attached hydrogens (tertiary/aromatic N) is 1. The highest BCUT2D eigenvalue weighted by molar-refractivity contribution is 5.91. The zero-order valence-electron chi connectivity index (χ0n) is 14.4. The number of methoxy groups -OCH3 is 1. The van der Waals surface area contributed by atoms with Crippen molar-refractivity contribution in [2.45, 2.75) is 13.5 Å². The second kappa shape index (κ2) is 8.77. The molecule has 0 fully saturated rings. The van der Waals surface area contributed by atoms with Crippen LogP contribution in [0.3, 0.4) is 0 Å². The molecule has 0 bridgehead atoms. The Kier molecular flexibility index (Phi) is 6.43. The lowest BCUT2D eigenvalue weighted by Gasteiger charge is -2.15. The monoisotopic (exact) mass is 325 g/mol. The summed E-state index contributed by atoms with van der Waals surface area (Å²) in [5, 5.41) is 0. The summed E-state index contributed by atoms with van der Waals surface area (Å²) >= 11 is 0. The highest BCUT2D eigenvalue weighted by atomic mass is 16.5. The van der Waals surface area contributed by atoms with Crippen LogP contribution in [0.1, 0.15) is 18.1 Å². The molecule has 0 heterocycles. The number of benzene rings is 2. The predicted molar refractivity (Wildman–Crippen MR) is 96.1 cm³/mol. The van der Waals surface area contributed by atoms with Crippen molar-refractivity contribution >= 4 is 12.0 Å². The summed E-state index contributed by atoms with van der Waals surface area (Å²) in [4.78, 5) is 13.9. The van der Waals surface area contributed by atoms with E-state index in [1.807, 2.05) is 55.5 Å². The number of carbonyl (C=O) groups excluding carboxylic acids is 1. The molecule has 24 heavy (non-hydrogen) atoms.